The molecule has 0 spiro atoms. The normalized spacial score (nSPS) is 10.1. The van der Waals surface area contributed by atoms with Crippen LogP contribution in [0.25, 0.3) is 0 Å². The third kappa shape index (κ3) is 3.19. The average Bonchev–Trinajstić information content (AvgIpc) is 2.37. The van der Waals surface area contributed by atoms with Crippen molar-refractivity contribution in [2.45, 2.75) is 6.92 Å². The van der Waals surface area contributed by atoms with Crippen LogP contribution in [0.3, 0.4) is 0 Å². The van der Waals surface area contributed by atoms with Gasteiger partial charge in [0.1, 0.15) is 10.8 Å². The summed E-state index contributed by atoms with van der Waals surface area (Å²) in [5.74, 6) is -0.853. The zero-order chi connectivity index (χ0) is 14.7. The summed E-state index contributed by atoms with van der Waals surface area (Å²) in [5.41, 5.74) is 7.61. The van der Waals surface area contributed by atoms with E-state index in [1.807, 2.05) is 0 Å². The second-order valence-electron chi connectivity index (χ2n) is 4.38. The predicted octanol–water partition coefficient (Wildman–Crippen LogP) is 3.02. The van der Waals surface area contributed by atoms with Crippen LogP contribution in [0.1, 0.15) is 21.5 Å². The molecule has 0 aliphatic heterocycles. The number of carbonyl (C=O) groups is 1. The number of carbonyl (C=O) groups excluding carboxylic acids is 1. The van der Waals surface area contributed by atoms with E-state index in [4.69, 9.17) is 18.0 Å². The number of thiocarbonyl (C=S) groups is 1. The summed E-state index contributed by atoms with van der Waals surface area (Å²) >= 11 is 4.93. The zero-order valence-electron chi connectivity index (χ0n) is 10.8. The molecular formula is C15H13FN2OS. The third-order valence-electron chi connectivity index (χ3n) is 2.75. The highest BCUT2D eigenvalue weighted by atomic mass is 32.1. The first-order chi connectivity index (χ1) is 9.47. The number of aryl methyl sites for hydroxylation is 1. The molecule has 0 saturated heterocycles. The van der Waals surface area contributed by atoms with E-state index in [1.54, 1.807) is 37.3 Å². The molecule has 3 N–H and O–H groups in total. The smallest absolute Gasteiger partial charge is 0.255 e. The van der Waals surface area contributed by atoms with Gasteiger partial charge in [-0.2, -0.15) is 0 Å². The minimum Gasteiger partial charge on any atom is -0.389 e. The molecule has 20 heavy (non-hydrogen) atoms. The van der Waals surface area contributed by atoms with Crippen LogP contribution in [0.5, 0.6) is 0 Å². The van der Waals surface area contributed by atoms with Crippen LogP contribution in [-0.2, 0) is 0 Å². The van der Waals surface area contributed by atoms with E-state index in [0.717, 1.165) is 0 Å². The van der Waals surface area contributed by atoms with Gasteiger partial charge < -0.3 is 11.1 Å². The van der Waals surface area contributed by atoms with Gasteiger partial charge in [0, 0.05) is 11.1 Å². The molecule has 0 unspecified atom stereocenters. The molecule has 102 valence electrons. The molecule has 1 amide bonds. The van der Waals surface area contributed by atoms with Crippen LogP contribution in [-0.4, -0.2) is 10.9 Å². The summed E-state index contributed by atoms with van der Waals surface area (Å²) in [7, 11) is 0. The van der Waals surface area contributed by atoms with Crippen molar-refractivity contribution >= 4 is 28.8 Å². The maximum atomic E-state index is 13.3. The van der Waals surface area contributed by atoms with E-state index in [0.29, 0.717) is 16.8 Å². The highest BCUT2D eigenvalue weighted by Gasteiger charge is 2.11. The van der Waals surface area contributed by atoms with Crippen LogP contribution in [0.15, 0.2) is 42.5 Å². The number of anilines is 1. The van der Waals surface area contributed by atoms with Crippen molar-refractivity contribution in [1.82, 2.24) is 0 Å². The molecule has 0 aliphatic carbocycles. The van der Waals surface area contributed by atoms with Gasteiger partial charge in [-0.05, 0) is 42.8 Å². The summed E-state index contributed by atoms with van der Waals surface area (Å²) in [6.07, 6.45) is 0. The van der Waals surface area contributed by atoms with E-state index in [1.165, 1.54) is 12.1 Å². The molecule has 2 aromatic carbocycles. The van der Waals surface area contributed by atoms with Gasteiger partial charge in [0.2, 0.25) is 0 Å². The number of nitrogens with one attached hydrogen (secondary N) is 1. The average molecular weight is 288 g/mol. The number of halogens is 1. The third-order valence-corrected chi connectivity index (χ3v) is 2.96. The van der Waals surface area contributed by atoms with Gasteiger partial charge in [-0.3, -0.25) is 4.79 Å². The van der Waals surface area contributed by atoms with E-state index < -0.39 is 11.7 Å². The van der Waals surface area contributed by atoms with E-state index >= 15 is 0 Å². The molecule has 0 saturated carbocycles. The van der Waals surface area contributed by atoms with Gasteiger partial charge in [0.15, 0.2) is 0 Å². The molecule has 3 nitrogen and oxygen atoms in total. The predicted molar refractivity (Wildman–Crippen MR) is 81.4 cm³/mol. The molecule has 2 aromatic rings. The highest BCUT2D eigenvalue weighted by molar-refractivity contribution is 7.80. The van der Waals surface area contributed by atoms with Gasteiger partial charge >= 0.3 is 0 Å². The number of para-hydroxylation sites is 1. The Balaban J connectivity index is 2.30. The lowest BCUT2D eigenvalue weighted by Gasteiger charge is -2.10. The Morgan fingerprint density at radius 1 is 1.25 bits per heavy atom. The first-order valence-corrected chi connectivity index (χ1v) is 6.35. The SMILES string of the molecule is Cc1cc(F)cc(C(=O)Nc2ccccc2C(N)=S)c1. The van der Waals surface area contributed by atoms with Gasteiger partial charge in [-0.1, -0.05) is 24.4 Å². The fourth-order valence-electron chi connectivity index (χ4n) is 1.87. The summed E-state index contributed by atoms with van der Waals surface area (Å²) in [6.45, 7) is 1.73. The number of rotatable bonds is 3. The summed E-state index contributed by atoms with van der Waals surface area (Å²) in [4.78, 5) is 12.3. The van der Waals surface area contributed by atoms with Crippen LogP contribution in [0, 0.1) is 12.7 Å². The molecule has 0 aromatic heterocycles. The van der Waals surface area contributed by atoms with Crippen LogP contribution < -0.4 is 11.1 Å². The van der Waals surface area contributed by atoms with E-state index in [9.17, 15) is 9.18 Å². The molecule has 0 bridgehead atoms. The highest BCUT2D eigenvalue weighted by Crippen LogP contribution is 2.17. The quantitative estimate of drug-likeness (QED) is 0.854. The first kappa shape index (κ1) is 14.1. The molecule has 2 rings (SSSR count). The Labute approximate surface area is 121 Å². The Morgan fingerprint density at radius 3 is 2.60 bits per heavy atom. The van der Waals surface area contributed by atoms with Crippen molar-refractivity contribution in [3.05, 3.63) is 65.0 Å². The summed E-state index contributed by atoms with van der Waals surface area (Å²) in [6, 6.07) is 11.1. The standard InChI is InChI=1S/C15H13FN2OS/c1-9-6-10(8-11(16)7-9)15(19)18-13-5-3-2-4-12(13)14(17)20/h2-8H,1H3,(H2,17,20)(H,18,19). The maximum absolute atomic E-state index is 13.3. The van der Waals surface area contributed by atoms with Gasteiger partial charge in [0.05, 0.1) is 5.69 Å². The van der Waals surface area contributed by atoms with E-state index in [2.05, 4.69) is 5.32 Å². The summed E-state index contributed by atoms with van der Waals surface area (Å²) < 4.78 is 13.3. The van der Waals surface area contributed by atoms with Crippen LogP contribution in [0.2, 0.25) is 0 Å². The van der Waals surface area contributed by atoms with Crippen LogP contribution in [0.4, 0.5) is 10.1 Å². The lowest BCUT2D eigenvalue weighted by molar-refractivity contribution is 0.102. The second kappa shape index (κ2) is 5.79. The van der Waals surface area contributed by atoms with Crippen molar-refractivity contribution in [2.75, 3.05) is 5.32 Å². The first-order valence-electron chi connectivity index (χ1n) is 5.95. The Hall–Kier alpha value is -2.27. The largest absolute Gasteiger partial charge is 0.389 e. The fourth-order valence-corrected chi connectivity index (χ4v) is 2.05. The molecule has 0 aliphatic rings. The number of nitrogens with two attached hydrogens (primary N) is 1. The van der Waals surface area contributed by atoms with Gasteiger partial charge in [0.25, 0.3) is 5.91 Å². The molecular weight excluding hydrogens is 275 g/mol. The second-order valence-corrected chi connectivity index (χ2v) is 4.82. The number of amides is 1. The van der Waals surface area contributed by atoms with Gasteiger partial charge in [-0.15, -0.1) is 0 Å². The molecule has 5 heteroatoms. The van der Waals surface area contributed by atoms with E-state index in [-0.39, 0.29) is 10.6 Å². The Bertz CT molecular complexity index is 665. The fraction of sp³-hybridized carbons (Fsp3) is 0.0667. The van der Waals surface area contributed by atoms with Crippen LogP contribution >= 0.6 is 12.2 Å². The number of hydrogen-bond acceptors (Lipinski definition) is 2. The maximum Gasteiger partial charge on any atom is 0.255 e. The lowest BCUT2D eigenvalue weighted by Crippen LogP contribution is -2.17. The van der Waals surface area contributed by atoms with Crippen molar-refractivity contribution < 1.29 is 9.18 Å². The van der Waals surface area contributed by atoms with Crippen molar-refractivity contribution in [2.24, 2.45) is 5.73 Å². The lowest BCUT2D eigenvalue weighted by atomic mass is 10.1. The number of benzene rings is 2. The Morgan fingerprint density at radius 2 is 1.95 bits per heavy atom. The minimum absolute atomic E-state index is 0.191. The molecule has 0 heterocycles. The van der Waals surface area contributed by atoms with Gasteiger partial charge in [-0.25, -0.2) is 4.39 Å². The Kier molecular flexibility index (Phi) is 4.10. The molecule has 0 radical (unpaired) electrons. The van der Waals surface area contributed by atoms with Crippen molar-refractivity contribution in [3.8, 4) is 0 Å². The summed E-state index contributed by atoms with van der Waals surface area (Å²) in [5, 5.41) is 2.69. The zero-order valence-corrected chi connectivity index (χ0v) is 11.6. The van der Waals surface area contributed by atoms with Crippen molar-refractivity contribution in [3.63, 3.8) is 0 Å². The topological polar surface area (TPSA) is 55.1 Å². The minimum atomic E-state index is -0.446. The number of hydrogen-bond donors (Lipinski definition) is 2. The molecule has 0 atom stereocenters. The van der Waals surface area contributed by atoms with Crippen molar-refractivity contribution in [1.29, 1.82) is 0 Å². The monoisotopic (exact) mass is 288 g/mol. The molecule has 0 fully saturated rings.